The van der Waals surface area contributed by atoms with E-state index in [-0.39, 0.29) is 17.2 Å². The molecule has 19 heavy (non-hydrogen) atoms. The van der Waals surface area contributed by atoms with Gasteiger partial charge in [-0.25, -0.2) is 4.79 Å². The summed E-state index contributed by atoms with van der Waals surface area (Å²) in [6, 6.07) is 8.88. The Balaban J connectivity index is 1.72. The highest BCUT2D eigenvalue weighted by Crippen LogP contribution is 2.23. The monoisotopic (exact) mass is 281 g/mol. The fourth-order valence-corrected chi connectivity index (χ4v) is 2.74. The van der Waals surface area contributed by atoms with E-state index in [2.05, 4.69) is 5.32 Å². The number of ether oxygens (including phenoxy) is 1. The summed E-state index contributed by atoms with van der Waals surface area (Å²) < 4.78 is 5.13. The average molecular weight is 281 g/mol. The molecule has 0 bridgehead atoms. The van der Waals surface area contributed by atoms with Gasteiger partial charge in [-0.05, 0) is 23.7 Å². The van der Waals surface area contributed by atoms with Crippen LogP contribution in [0.5, 0.6) is 0 Å². The van der Waals surface area contributed by atoms with Crippen molar-refractivity contribution in [3.8, 4) is 0 Å². The Morgan fingerprint density at radius 3 is 2.74 bits per heavy atom. The summed E-state index contributed by atoms with van der Waals surface area (Å²) in [5, 5.41) is 11.3. The highest BCUT2D eigenvalue weighted by Gasteiger charge is 2.31. The maximum atomic E-state index is 11.6. The molecule has 5 nitrogen and oxygen atoms in total. The van der Waals surface area contributed by atoms with E-state index in [0.29, 0.717) is 13.0 Å². The third-order valence-corrected chi connectivity index (χ3v) is 3.85. The number of hydrogen-bond acceptors (Lipinski definition) is 5. The van der Waals surface area contributed by atoms with E-state index in [4.69, 9.17) is 9.84 Å². The topological polar surface area (TPSA) is 75.6 Å². The molecule has 1 aromatic carbocycles. The molecule has 0 radical (unpaired) electrons. The van der Waals surface area contributed by atoms with Crippen LogP contribution >= 0.6 is 11.8 Å². The molecule has 0 saturated carbocycles. The molecule has 1 aliphatic heterocycles. The summed E-state index contributed by atoms with van der Waals surface area (Å²) in [5.41, 5.74) is 0.935. The molecule has 0 aliphatic carbocycles. The first-order chi connectivity index (χ1) is 9.15. The van der Waals surface area contributed by atoms with Gasteiger partial charge in [0.15, 0.2) is 0 Å². The van der Waals surface area contributed by atoms with E-state index < -0.39 is 12.0 Å². The van der Waals surface area contributed by atoms with Gasteiger partial charge in [0.2, 0.25) is 0 Å². The Hall–Kier alpha value is -1.53. The maximum Gasteiger partial charge on any atom is 0.367 e. The van der Waals surface area contributed by atoms with Crippen molar-refractivity contribution in [2.24, 2.45) is 0 Å². The molecule has 0 amide bonds. The lowest BCUT2D eigenvalue weighted by Gasteiger charge is -2.08. The molecule has 1 fully saturated rings. The van der Waals surface area contributed by atoms with Crippen molar-refractivity contribution in [3.63, 3.8) is 0 Å². The molecule has 1 unspecified atom stereocenters. The van der Waals surface area contributed by atoms with E-state index >= 15 is 0 Å². The van der Waals surface area contributed by atoms with E-state index in [9.17, 15) is 9.59 Å². The second-order valence-electron chi connectivity index (χ2n) is 4.30. The molecule has 0 spiro atoms. The fraction of sp³-hybridized carbons (Fsp3) is 0.385. The van der Waals surface area contributed by atoms with Crippen molar-refractivity contribution in [1.82, 2.24) is 5.32 Å². The number of carbonyl (C=O) groups excluding carboxylic acids is 1. The van der Waals surface area contributed by atoms with Crippen LogP contribution in [-0.2, 0) is 16.1 Å². The Morgan fingerprint density at radius 1 is 1.37 bits per heavy atom. The maximum absolute atomic E-state index is 11.6. The standard InChI is InChI=1S/C13H15NO4S/c15-12(16)11-6-10(7-14-11)19-13(17)18-8-9-4-2-1-3-5-9/h1-5,10-11,14H,6-8H2,(H,15,16)/t10?,11-/m0/s1. The molecule has 1 heterocycles. The summed E-state index contributed by atoms with van der Waals surface area (Å²) in [7, 11) is 0. The van der Waals surface area contributed by atoms with Crippen LogP contribution in [0, 0.1) is 0 Å². The summed E-state index contributed by atoms with van der Waals surface area (Å²) in [4.78, 5) is 22.4. The first-order valence-corrected chi connectivity index (χ1v) is 6.86. The van der Waals surface area contributed by atoms with Crippen molar-refractivity contribution < 1.29 is 19.4 Å². The zero-order chi connectivity index (χ0) is 13.7. The zero-order valence-corrected chi connectivity index (χ0v) is 11.1. The largest absolute Gasteiger partial charge is 0.480 e. The third-order valence-electron chi connectivity index (χ3n) is 2.85. The number of hydrogen-bond donors (Lipinski definition) is 2. The van der Waals surface area contributed by atoms with Crippen LogP contribution in [0.25, 0.3) is 0 Å². The lowest BCUT2D eigenvalue weighted by Crippen LogP contribution is -2.29. The number of aliphatic carboxylic acids is 1. The van der Waals surface area contributed by atoms with Crippen LogP contribution in [0.2, 0.25) is 0 Å². The van der Waals surface area contributed by atoms with Crippen LogP contribution in [0.15, 0.2) is 30.3 Å². The molecule has 102 valence electrons. The summed E-state index contributed by atoms with van der Waals surface area (Å²) >= 11 is 1.06. The molecule has 0 aromatic heterocycles. The van der Waals surface area contributed by atoms with Crippen LogP contribution in [0.4, 0.5) is 4.79 Å². The molecule has 1 saturated heterocycles. The molecular formula is C13H15NO4S. The highest BCUT2D eigenvalue weighted by atomic mass is 32.2. The lowest BCUT2D eigenvalue weighted by molar-refractivity contribution is -0.139. The zero-order valence-electron chi connectivity index (χ0n) is 10.2. The minimum Gasteiger partial charge on any atom is -0.480 e. The predicted octanol–water partition coefficient (Wildman–Crippen LogP) is 1.87. The van der Waals surface area contributed by atoms with Crippen molar-refractivity contribution in [1.29, 1.82) is 0 Å². The molecule has 6 heteroatoms. The first-order valence-electron chi connectivity index (χ1n) is 5.98. The lowest BCUT2D eigenvalue weighted by atomic mass is 10.2. The minimum atomic E-state index is -0.874. The van der Waals surface area contributed by atoms with Gasteiger partial charge in [-0.2, -0.15) is 0 Å². The van der Waals surface area contributed by atoms with Gasteiger partial charge in [0.25, 0.3) is 0 Å². The van der Waals surface area contributed by atoms with Gasteiger partial charge in [-0.3, -0.25) is 4.79 Å². The first kappa shape index (κ1) is 13.9. The van der Waals surface area contributed by atoms with Gasteiger partial charge in [0, 0.05) is 11.8 Å². The van der Waals surface area contributed by atoms with E-state index in [1.54, 1.807) is 0 Å². The van der Waals surface area contributed by atoms with Crippen LogP contribution in [-0.4, -0.2) is 34.2 Å². The predicted molar refractivity (Wildman–Crippen MR) is 72.0 cm³/mol. The molecule has 2 N–H and O–H groups in total. The summed E-state index contributed by atoms with van der Waals surface area (Å²) in [6.07, 6.45) is 0.445. The highest BCUT2D eigenvalue weighted by molar-refractivity contribution is 8.13. The van der Waals surface area contributed by atoms with E-state index in [0.717, 1.165) is 17.3 Å². The van der Waals surface area contributed by atoms with Crippen molar-refractivity contribution >= 4 is 23.0 Å². The van der Waals surface area contributed by atoms with Gasteiger partial charge < -0.3 is 15.2 Å². The molecule has 1 aliphatic rings. The van der Waals surface area contributed by atoms with E-state index in [1.807, 2.05) is 30.3 Å². The number of rotatable bonds is 4. The molecule has 2 rings (SSSR count). The average Bonchev–Trinajstić information content (AvgIpc) is 2.86. The Labute approximate surface area is 115 Å². The number of nitrogens with one attached hydrogen (secondary N) is 1. The van der Waals surface area contributed by atoms with Crippen molar-refractivity contribution in [2.45, 2.75) is 24.3 Å². The molecule has 1 aromatic rings. The second kappa shape index (κ2) is 6.58. The van der Waals surface area contributed by atoms with Gasteiger partial charge in [0.1, 0.15) is 12.6 Å². The van der Waals surface area contributed by atoms with Crippen molar-refractivity contribution in [3.05, 3.63) is 35.9 Å². The summed E-state index contributed by atoms with van der Waals surface area (Å²) in [6.45, 7) is 0.761. The fourth-order valence-electron chi connectivity index (χ4n) is 1.87. The Morgan fingerprint density at radius 2 is 2.11 bits per heavy atom. The van der Waals surface area contributed by atoms with Crippen LogP contribution in [0.3, 0.4) is 0 Å². The van der Waals surface area contributed by atoms with Gasteiger partial charge in [-0.1, -0.05) is 30.3 Å². The minimum absolute atomic E-state index is 0.0376. The number of thioether (sulfide) groups is 1. The summed E-state index contributed by atoms with van der Waals surface area (Å²) in [5.74, 6) is -0.874. The van der Waals surface area contributed by atoms with Crippen LogP contribution in [0.1, 0.15) is 12.0 Å². The number of benzene rings is 1. The Kier molecular flexibility index (Phi) is 4.81. The SMILES string of the molecule is O=C(OCc1ccccc1)SC1CN[C@H](C(=O)O)C1. The third kappa shape index (κ3) is 4.25. The molecule has 2 atom stereocenters. The number of carboxylic acids is 1. The Bertz CT molecular complexity index is 451. The smallest absolute Gasteiger partial charge is 0.367 e. The number of carbonyl (C=O) groups is 2. The normalized spacial score (nSPS) is 22.1. The van der Waals surface area contributed by atoms with Crippen LogP contribution < -0.4 is 5.32 Å². The van der Waals surface area contributed by atoms with Gasteiger partial charge in [0.05, 0.1) is 0 Å². The molecular weight excluding hydrogens is 266 g/mol. The van der Waals surface area contributed by atoms with Crippen molar-refractivity contribution in [2.75, 3.05) is 6.54 Å². The second-order valence-corrected chi connectivity index (χ2v) is 5.53. The quantitative estimate of drug-likeness (QED) is 0.821. The van der Waals surface area contributed by atoms with Gasteiger partial charge in [-0.15, -0.1) is 0 Å². The van der Waals surface area contributed by atoms with E-state index in [1.165, 1.54) is 0 Å². The number of carboxylic acid groups (broad SMARTS) is 1. The van der Waals surface area contributed by atoms with Gasteiger partial charge >= 0.3 is 11.3 Å².